The van der Waals surface area contributed by atoms with Crippen LogP contribution in [0.2, 0.25) is 0 Å². The first-order valence-electron chi connectivity index (χ1n) is 6.47. The number of hydrogen-bond acceptors (Lipinski definition) is 4. The molecule has 102 valence electrons. The zero-order chi connectivity index (χ0) is 12.9. The van der Waals surface area contributed by atoms with Gasteiger partial charge in [0, 0.05) is 19.7 Å². The first-order valence-corrected chi connectivity index (χ1v) is 6.47. The predicted octanol–water partition coefficient (Wildman–Crippen LogP) is 1.27. The van der Waals surface area contributed by atoms with E-state index in [-0.39, 0.29) is 5.60 Å². The molecule has 1 N–H and O–H groups in total. The molecule has 0 bridgehead atoms. The van der Waals surface area contributed by atoms with Crippen LogP contribution >= 0.6 is 0 Å². The maximum Gasteiger partial charge on any atom is 0.0900 e. The summed E-state index contributed by atoms with van der Waals surface area (Å²) in [7, 11) is 1.73. The Morgan fingerprint density at radius 2 is 2.12 bits per heavy atom. The molecule has 0 amide bonds. The van der Waals surface area contributed by atoms with Crippen LogP contribution in [0.15, 0.2) is 0 Å². The largest absolute Gasteiger partial charge is 0.389 e. The molecule has 0 aliphatic carbocycles. The van der Waals surface area contributed by atoms with Crippen LogP contribution in [0.3, 0.4) is 0 Å². The molecule has 1 heterocycles. The number of nitrogens with zero attached hydrogens (tertiary/aromatic N) is 1. The minimum absolute atomic E-state index is 0.183. The Bertz CT molecular complexity index is 215. The van der Waals surface area contributed by atoms with Crippen LogP contribution in [-0.2, 0) is 9.47 Å². The van der Waals surface area contributed by atoms with Gasteiger partial charge >= 0.3 is 0 Å². The van der Waals surface area contributed by atoms with Gasteiger partial charge in [-0.05, 0) is 40.2 Å². The summed E-state index contributed by atoms with van der Waals surface area (Å²) in [5.41, 5.74) is -0.183. The highest BCUT2D eigenvalue weighted by atomic mass is 16.5. The van der Waals surface area contributed by atoms with Gasteiger partial charge in [0.15, 0.2) is 0 Å². The molecule has 1 saturated heterocycles. The summed E-state index contributed by atoms with van der Waals surface area (Å²) >= 11 is 0. The van der Waals surface area contributed by atoms with Crippen molar-refractivity contribution in [1.29, 1.82) is 0 Å². The predicted molar refractivity (Wildman–Crippen MR) is 68.2 cm³/mol. The summed E-state index contributed by atoms with van der Waals surface area (Å²) in [4.78, 5) is 2.31. The van der Waals surface area contributed by atoms with E-state index >= 15 is 0 Å². The molecule has 0 spiro atoms. The molecular weight excluding hydrogens is 218 g/mol. The molecule has 2 unspecified atom stereocenters. The van der Waals surface area contributed by atoms with Crippen LogP contribution < -0.4 is 0 Å². The maximum absolute atomic E-state index is 9.95. The number of aliphatic hydroxyl groups is 1. The van der Waals surface area contributed by atoms with Gasteiger partial charge in [-0.15, -0.1) is 0 Å². The van der Waals surface area contributed by atoms with E-state index in [1.807, 2.05) is 20.8 Å². The Hall–Kier alpha value is -0.160. The number of aliphatic hydroxyl groups excluding tert-OH is 1. The quantitative estimate of drug-likeness (QED) is 0.765. The van der Waals surface area contributed by atoms with Gasteiger partial charge in [-0.2, -0.15) is 0 Å². The second-order valence-electron chi connectivity index (χ2n) is 5.82. The smallest absolute Gasteiger partial charge is 0.0900 e. The number of methoxy groups -OCH3 is 1. The lowest BCUT2D eigenvalue weighted by molar-refractivity contribution is -0.0584. The van der Waals surface area contributed by atoms with E-state index in [1.54, 1.807) is 7.11 Å². The van der Waals surface area contributed by atoms with Crippen molar-refractivity contribution in [3.05, 3.63) is 0 Å². The van der Waals surface area contributed by atoms with Crippen molar-refractivity contribution in [1.82, 2.24) is 4.90 Å². The van der Waals surface area contributed by atoms with Crippen LogP contribution in [0, 0.1) is 0 Å². The molecule has 0 saturated carbocycles. The topological polar surface area (TPSA) is 41.9 Å². The summed E-state index contributed by atoms with van der Waals surface area (Å²) in [6.45, 7) is 8.91. The molecule has 1 aliphatic rings. The normalized spacial score (nSPS) is 24.2. The standard InChI is InChI=1S/C13H27NO3/c1-13(2,3)17-10-12(15)8-14-7-5-6-11(14)9-16-4/h11-12,15H,5-10H2,1-4H3. The Balaban J connectivity index is 2.27. The fourth-order valence-electron chi connectivity index (χ4n) is 2.19. The van der Waals surface area contributed by atoms with Crippen molar-refractivity contribution < 1.29 is 14.6 Å². The second-order valence-corrected chi connectivity index (χ2v) is 5.82. The van der Waals surface area contributed by atoms with Gasteiger partial charge in [0.2, 0.25) is 0 Å². The average Bonchev–Trinajstić information content (AvgIpc) is 2.63. The number of rotatable bonds is 6. The summed E-state index contributed by atoms with van der Waals surface area (Å²) < 4.78 is 10.8. The van der Waals surface area contributed by atoms with Crippen molar-refractivity contribution in [2.45, 2.75) is 51.4 Å². The maximum atomic E-state index is 9.95. The number of ether oxygens (including phenoxy) is 2. The lowest BCUT2D eigenvalue weighted by atomic mass is 10.2. The molecular formula is C13H27NO3. The molecule has 4 heteroatoms. The van der Waals surface area contributed by atoms with Crippen molar-refractivity contribution in [2.24, 2.45) is 0 Å². The van der Waals surface area contributed by atoms with Crippen LogP contribution in [0.5, 0.6) is 0 Å². The fourth-order valence-corrected chi connectivity index (χ4v) is 2.19. The first-order chi connectivity index (χ1) is 7.92. The van der Waals surface area contributed by atoms with Gasteiger partial charge in [-0.25, -0.2) is 0 Å². The minimum atomic E-state index is -0.410. The van der Waals surface area contributed by atoms with E-state index in [4.69, 9.17) is 9.47 Å². The Labute approximate surface area is 105 Å². The number of hydrogen-bond donors (Lipinski definition) is 1. The molecule has 0 aromatic heterocycles. The third-order valence-electron chi connectivity index (χ3n) is 3.01. The Morgan fingerprint density at radius 1 is 1.41 bits per heavy atom. The van der Waals surface area contributed by atoms with Crippen LogP contribution in [-0.4, -0.2) is 61.2 Å². The summed E-state index contributed by atoms with van der Waals surface area (Å²) in [5.74, 6) is 0. The van der Waals surface area contributed by atoms with Gasteiger partial charge < -0.3 is 14.6 Å². The Morgan fingerprint density at radius 3 is 2.71 bits per heavy atom. The van der Waals surface area contributed by atoms with E-state index in [1.165, 1.54) is 12.8 Å². The van der Waals surface area contributed by atoms with E-state index in [9.17, 15) is 5.11 Å². The molecule has 0 radical (unpaired) electrons. The summed E-state index contributed by atoms with van der Waals surface area (Å²) in [5, 5.41) is 9.95. The van der Waals surface area contributed by atoms with E-state index in [2.05, 4.69) is 4.90 Å². The fraction of sp³-hybridized carbons (Fsp3) is 1.00. The SMILES string of the molecule is COCC1CCCN1CC(O)COC(C)(C)C. The van der Waals surface area contributed by atoms with E-state index < -0.39 is 6.10 Å². The van der Waals surface area contributed by atoms with Crippen molar-refractivity contribution in [3.8, 4) is 0 Å². The van der Waals surface area contributed by atoms with Crippen molar-refractivity contribution in [3.63, 3.8) is 0 Å². The highest BCUT2D eigenvalue weighted by Crippen LogP contribution is 2.18. The first kappa shape index (κ1) is 14.9. The molecule has 1 rings (SSSR count). The minimum Gasteiger partial charge on any atom is -0.389 e. The van der Waals surface area contributed by atoms with Gasteiger partial charge in [-0.3, -0.25) is 4.90 Å². The molecule has 2 atom stereocenters. The highest BCUT2D eigenvalue weighted by molar-refractivity contribution is 4.80. The zero-order valence-electron chi connectivity index (χ0n) is 11.6. The lowest BCUT2D eigenvalue weighted by Crippen LogP contribution is -2.41. The monoisotopic (exact) mass is 245 g/mol. The molecule has 4 nitrogen and oxygen atoms in total. The molecule has 1 aliphatic heterocycles. The van der Waals surface area contributed by atoms with E-state index in [0.717, 1.165) is 13.2 Å². The molecule has 0 aromatic rings. The second kappa shape index (κ2) is 6.69. The molecule has 17 heavy (non-hydrogen) atoms. The summed E-state index contributed by atoms with van der Waals surface area (Å²) in [6, 6.07) is 0.462. The number of β-amino-alcohol motifs (C(OH)–C–C–N with tert-alkyl or cyclic N) is 1. The average molecular weight is 245 g/mol. The zero-order valence-corrected chi connectivity index (χ0v) is 11.6. The lowest BCUT2D eigenvalue weighted by Gasteiger charge is -2.28. The van der Waals surface area contributed by atoms with Gasteiger partial charge in [0.05, 0.1) is 24.9 Å². The van der Waals surface area contributed by atoms with Crippen LogP contribution in [0.1, 0.15) is 33.6 Å². The van der Waals surface area contributed by atoms with Gasteiger partial charge in [0.1, 0.15) is 0 Å². The van der Waals surface area contributed by atoms with Crippen molar-refractivity contribution >= 4 is 0 Å². The van der Waals surface area contributed by atoms with Gasteiger partial charge in [0.25, 0.3) is 0 Å². The highest BCUT2D eigenvalue weighted by Gasteiger charge is 2.26. The summed E-state index contributed by atoms with van der Waals surface area (Å²) in [6.07, 6.45) is 1.95. The number of likely N-dealkylation sites (tertiary alicyclic amines) is 1. The van der Waals surface area contributed by atoms with Crippen LogP contribution in [0.4, 0.5) is 0 Å². The molecule has 1 fully saturated rings. The third kappa shape index (κ3) is 5.82. The Kier molecular flexibility index (Phi) is 5.86. The molecule has 0 aromatic carbocycles. The van der Waals surface area contributed by atoms with Gasteiger partial charge in [-0.1, -0.05) is 0 Å². The van der Waals surface area contributed by atoms with Crippen molar-refractivity contribution in [2.75, 3.05) is 33.4 Å². The third-order valence-corrected chi connectivity index (χ3v) is 3.01. The van der Waals surface area contributed by atoms with E-state index in [0.29, 0.717) is 19.2 Å². The van der Waals surface area contributed by atoms with Crippen LogP contribution in [0.25, 0.3) is 0 Å².